The number of carboxylic acids is 1. The molecule has 0 atom stereocenters. The van der Waals surface area contributed by atoms with Gasteiger partial charge in [0.25, 0.3) is 5.91 Å². The summed E-state index contributed by atoms with van der Waals surface area (Å²) in [4.78, 5) is 27.0. The van der Waals surface area contributed by atoms with Gasteiger partial charge in [-0.2, -0.15) is 0 Å². The second-order valence-corrected chi connectivity index (χ2v) is 3.97. The average molecular weight is 305 g/mol. The van der Waals surface area contributed by atoms with E-state index in [2.05, 4.69) is 10.3 Å². The SMILES string of the molecule is Cl.O=C(O)C(=Cc1cccnc1)NC(=O)c1ccccc1. The highest BCUT2D eigenvalue weighted by Gasteiger charge is 2.12. The maximum Gasteiger partial charge on any atom is 0.352 e. The molecule has 21 heavy (non-hydrogen) atoms. The van der Waals surface area contributed by atoms with Crippen molar-refractivity contribution in [2.24, 2.45) is 0 Å². The van der Waals surface area contributed by atoms with Crippen LogP contribution in [-0.4, -0.2) is 22.0 Å². The van der Waals surface area contributed by atoms with Crippen LogP contribution in [-0.2, 0) is 4.79 Å². The van der Waals surface area contributed by atoms with Gasteiger partial charge in [0.15, 0.2) is 0 Å². The van der Waals surface area contributed by atoms with Crippen LogP contribution in [0.25, 0.3) is 6.08 Å². The molecule has 6 heteroatoms. The monoisotopic (exact) mass is 304 g/mol. The molecule has 0 bridgehead atoms. The quantitative estimate of drug-likeness (QED) is 0.850. The summed E-state index contributed by atoms with van der Waals surface area (Å²) in [6.07, 6.45) is 4.45. The van der Waals surface area contributed by atoms with Crippen molar-refractivity contribution in [1.82, 2.24) is 10.3 Å². The van der Waals surface area contributed by atoms with E-state index in [0.717, 1.165) is 0 Å². The molecule has 0 aliphatic rings. The zero-order valence-electron chi connectivity index (χ0n) is 10.9. The smallest absolute Gasteiger partial charge is 0.352 e. The lowest BCUT2D eigenvalue weighted by molar-refractivity contribution is -0.132. The molecule has 1 aromatic carbocycles. The number of carboxylic acid groups (broad SMARTS) is 1. The number of aromatic nitrogens is 1. The molecule has 2 aromatic rings. The molecule has 0 spiro atoms. The van der Waals surface area contributed by atoms with Crippen LogP contribution < -0.4 is 5.32 Å². The minimum absolute atomic E-state index is 0. The fourth-order valence-electron chi connectivity index (χ4n) is 1.56. The van der Waals surface area contributed by atoms with E-state index in [-0.39, 0.29) is 18.1 Å². The van der Waals surface area contributed by atoms with Gasteiger partial charge in [0.2, 0.25) is 0 Å². The molecule has 1 amide bonds. The van der Waals surface area contributed by atoms with Gasteiger partial charge in [-0.15, -0.1) is 12.4 Å². The van der Waals surface area contributed by atoms with Crippen molar-refractivity contribution in [3.63, 3.8) is 0 Å². The Balaban J connectivity index is 0.00000220. The maximum absolute atomic E-state index is 11.9. The van der Waals surface area contributed by atoms with Crippen LogP contribution in [0, 0.1) is 0 Å². The number of nitrogens with one attached hydrogen (secondary N) is 1. The molecule has 2 N–H and O–H groups in total. The highest BCUT2D eigenvalue weighted by Crippen LogP contribution is 2.05. The van der Waals surface area contributed by atoms with Gasteiger partial charge >= 0.3 is 5.97 Å². The number of hydrogen-bond donors (Lipinski definition) is 2. The molecule has 0 fully saturated rings. The van der Waals surface area contributed by atoms with Crippen LogP contribution in [0.4, 0.5) is 0 Å². The molecular weight excluding hydrogens is 292 g/mol. The van der Waals surface area contributed by atoms with Gasteiger partial charge in [0.05, 0.1) is 0 Å². The van der Waals surface area contributed by atoms with Crippen molar-refractivity contribution >= 4 is 30.4 Å². The summed E-state index contributed by atoms with van der Waals surface area (Å²) in [5, 5.41) is 11.5. The molecule has 0 saturated heterocycles. The third-order valence-corrected chi connectivity index (χ3v) is 2.51. The normalized spacial score (nSPS) is 10.4. The minimum atomic E-state index is -1.21. The Hall–Kier alpha value is -2.66. The van der Waals surface area contributed by atoms with Crippen molar-refractivity contribution < 1.29 is 14.7 Å². The highest BCUT2D eigenvalue weighted by molar-refractivity contribution is 6.02. The topological polar surface area (TPSA) is 79.3 Å². The van der Waals surface area contributed by atoms with Crippen LogP contribution >= 0.6 is 12.4 Å². The number of hydrogen-bond acceptors (Lipinski definition) is 3. The number of carbonyl (C=O) groups is 2. The first-order valence-corrected chi connectivity index (χ1v) is 5.88. The fraction of sp³-hybridized carbons (Fsp3) is 0. The predicted molar refractivity (Wildman–Crippen MR) is 81.0 cm³/mol. The Morgan fingerprint density at radius 1 is 1.10 bits per heavy atom. The lowest BCUT2D eigenvalue weighted by Gasteiger charge is -2.06. The third kappa shape index (κ3) is 4.74. The van der Waals surface area contributed by atoms with Crippen molar-refractivity contribution in [2.75, 3.05) is 0 Å². The third-order valence-electron chi connectivity index (χ3n) is 2.51. The van der Waals surface area contributed by atoms with E-state index < -0.39 is 11.9 Å². The van der Waals surface area contributed by atoms with Gasteiger partial charge in [0, 0.05) is 18.0 Å². The van der Waals surface area contributed by atoms with Crippen molar-refractivity contribution in [3.8, 4) is 0 Å². The van der Waals surface area contributed by atoms with E-state index in [4.69, 9.17) is 5.11 Å². The van der Waals surface area contributed by atoms with E-state index in [1.807, 2.05) is 0 Å². The molecular formula is C15H13ClN2O3. The fourth-order valence-corrected chi connectivity index (χ4v) is 1.56. The molecule has 1 heterocycles. The zero-order chi connectivity index (χ0) is 14.4. The van der Waals surface area contributed by atoms with Crippen molar-refractivity contribution in [2.45, 2.75) is 0 Å². The van der Waals surface area contributed by atoms with Crippen molar-refractivity contribution in [1.29, 1.82) is 0 Å². The second-order valence-electron chi connectivity index (χ2n) is 3.97. The maximum atomic E-state index is 11.9. The minimum Gasteiger partial charge on any atom is -0.477 e. The van der Waals surface area contributed by atoms with Gasteiger partial charge in [-0.05, 0) is 29.8 Å². The lowest BCUT2D eigenvalue weighted by atomic mass is 10.2. The van der Waals surface area contributed by atoms with Gasteiger partial charge in [-0.1, -0.05) is 24.3 Å². The van der Waals surface area contributed by atoms with E-state index >= 15 is 0 Å². The first-order chi connectivity index (χ1) is 9.66. The lowest BCUT2D eigenvalue weighted by Crippen LogP contribution is -2.27. The van der Waals surface area contributed by atoms with Gasteiger partial charge < -0.3 is 10.4 Å². The van der Waals surface area contributed by atoms with Crippen molar-refractivity contribution in [3.05, 3.63) is 71.7 Å². The Kier molecular flexibility index (Phi) is 6.10. The van der Waals surface area contributed by atoms with E-state index in [1.54, 1.807) is 48.7 Å². The Labute approximate surface area is 127 Å². The molecule has 108 valence electrons. The summed E-state index contributed by atoms with van der Waals surface area (Å²) in [7, 11) is 0. The summed E-state index contributed by atoms with van der Waals surface area (Å²) < 4.78 is 0. The first-order valence-electron chi connectivity index (χ1n) is 5.88. The zero-order valence-corrected chi connectivity index (χ0v) is 11.7. The number of nitrogens with zero attached hydrogens (tertiary/aromatic N) is 1. The highest BCUT2D eigenvalue weighted by atomic mass is 35.5. The van der Waals surface area contributed by atoms with E-state index in [9.17, 15) is 9.59 Å². The Bertz CT molecular complexity index is 642. The molecule has 0 radical (unpaired) electrons. The molecule has 0 unspecified atom stereocenters. The number of aliphatic carboxylic acids is 1. The molecule has 0 saturated carbocycles. The summed E-state index contributed by atoms with van der Waals surface area (Å²) in [6, 6.07) is 11.8. The largest absolute Gasteiger partial charge is 0.477 e. The van der Waals surface area contributed by atoms with E-state index in [1.165, 1.54) is 12.3 Å². The number of pyridine rings is 1. The number of amides is 1. The van der Waals surface area contributed by atoms with Crippen LogP contribution in [0.1, 0.15) is 15.9 Å². The molecule has 5 nitrogen and oxygen atoms in total. The first kappa shape index (κ1) is 16.4. The number of carbonyl (C=O) groups excluding carboxylic acids is 1. The summed E-state index contributed by atoms with van der Waals surface area (Å²) in [5.41, 5.74) is 0.788. The number of benzene rings is 1. The second kappa shape index (κ2) is 7.81. The standard InChI is InChI=1S/C15H12N2O3.ClH/c18-14(12-6-2-1-3-7-12)17-13(15(19)20)9-11-5-4-8-16-10-11;/h1-10H,(H,17,18)(H,19,20);1H. The summed E-state index contributed by atoms with van der Waals surface area (Å²) >= 11 is 0. The van der Waals surface area contributed by atoms with E-state index in [0.29, 0.717) is 11.1 Å². The molecule has 0 aliphatic carbocycles. The number of halogens is 1. The predicted octanol–water partition coefficient (Wildman–Crippen LogP) is 2.36. The summed E-state index contributed by atoms with van der Waals surface area (Å²) in [5.74, 6) is -1.68. The Morgan fingerprint density at radius 3 is 2.38 bits per heavy atom. The van der Waals surface area contributed by atoms with Crippen LogP contribution in [0.2, 0.25) is 0 Å². The Morgan fingerprint density at radius 2 is 1.81 bits per heavy atom. The van der Waals surface area contributed by atoms with Gasteiger partial charge in [-0.25, -0.2) is 4.79 Å². The molecule has 1 aromatic heterocycles. The van der Waals surface area contributed by atoms with Crippen LogP contribution in [0.15, 0.2) is 60.6 Å². The average Bonchev–Trinajstić information content (AvgIpc) is 2.48. The summed E-state index contributed by atoms with van der Waals surface area (Å²) in [6.45, 7) is 0. The molecule has 2 rings (SSSR count). The number of rotatable bonds is 4. The van der Waals surface area contributed by atoms with Crippen LogP contribution in [0.3, 0.4) is 0 Å². The van der Waals surface area contributed by atoms with Crippen LogP contribution in [0.5, 0.6) is 0 Å². The molecule has 0 aliphatic heterocycles. The van der Waals surface area contributed by atoms with Gasteiger partial charge in [0.1, 0.15) is 5.70 Å². The van der Waals surface area contributed by atoms with Gasteiger partial charge in [-0.3, -0.25) is 9.78 Å².